The van der Waals surface area contributed by atoms with Gasteiger partial charge >= 0.3 is 0 Å². The number of hydrogen-bond donors (Lipinski definition) is 0. The van der Waals surface area contributed by atoms with Crippen LogP contribution in [0.15, 0.2) is 182 Å². The lowest BCUT2D eigenvalue weighted by Gasteiger charge is -2.27. The Labute approximate surface area is 334 Å². The van der Waals surface area contributed by atoms with Gasteiger partial charge < -0.3 is 9.11 Å². The van der Waals surface area contributed by atoms with Crippen LogP contribution < -0.4 is 31.8 Å². The minimum atomic E-state index is -5.31. The van der Waals surface area contributed by atoms with Gasteiger partial charge in [0.15, 0.2) is 0 Å². The van der Waals surface area contributed by atoms with Gasteiger partial charge in [0.25, 0.3) is 0 Å². The molecule has 56 heavy (non-hydrogen) atoms. The maximum atomic E-state index is 9.37. The molecule has 12 heteroatoms. The van der Waals surface area contributed by atoms with E-state index in [-0.39, 0.29) is 0 Å². The van der Waals surface area contributed by atoms with E-state index in [0.717, 1.165) is 0 Å². The van der Waals surface area contributed by atoms with Gasteiger partial charge in [-0.15, -0.1) is 8.67 Å². The Bertz CT molecular complexity index is 1860. The van der Waals surface area contributed by atoms with E-state index < -0.39 is 35.3 Å². The van der Waals surface area contributed by atoms with Gasteiger partial charge in [-0.25, -0.2) is 16.8 Å². The molecule has 6 rings (SSSR count). The monoisotopic (exact) mass is 830 g/mol. The zero-order valence-electron chi connectivity index (χ0n) is 31.5. The number of hydrogen-bond acceptors (Lipinski definition) is 8. The predicted molar refractivity (Wildman–Crippen MR) is 231 cm³/mol. The predicted octanol–water partition coefficient (Wildman–Crippen LogP) is 7.42. The third kappa shape index (κ3) is 12.7. The summed E-state index contributed by atoms with van der Waals surface area (Å²) in [4.78, 5) is 0. The van der Waals surface area contributed by atoms with Crippen molar-refractivity contribution in [2.75, 3.05) is 12.3 Å². The van der Waals surface area contributed by atoms with Gasteiger partial charge in [0.1, 0.15) is 46.4 Å². The third-order valence-electron chi connectivity index (χ3n) is 9.07. The van der Waals surface area contributed by atoms with Gasteiger partial charge in [-0.05, 0) is 85.6 Å². The van der Waals surface area contributed by atoms with Crippen molar-refractivity contribution in [3.63, 3.8) is 0 Å². The minimum absolute atomic E-state index is 1.23. The molecule has 0 N–H and O–H groups in total. The van der Waals surface area contributed by atoms with Crippen LogP contribution >= 0.6 is 14.5 Å². The second-order valence-electron chi connectivity index (χ2n) is 12.7. The normalized spacial score (nSPS) is 11.7. The Kier molecular flexibility index (Phi) is 17.5. The lowest BCUT2D eigenvalue weighted by atomic mass is 10.3. The van der Waals surface area contributed by atoms with Crippen LogP contribution in [-0.4, -0.2) is 38.3 Å². The maximum absolute atomic E-state index is 9.37. The van der Waals surface area contributed by atoms with Gasteiger partial charge in [-0.3, -0.25) is 0 Å². The van der Waals surface area contributed by atoms with Crippen LogP contribution in [0.1, 0.15) is 39.5 Å². The van der Waals surface area contributed by atoms with Crippen molar-refractivity contribution >= 4 is 67.2 Å². The molecule has 8 nitrogen and oxygen atoms in total. The Morgan fingerprint density at radius 1 is 0.375 bits per heavy atom. The fourth-order valence-corrected chi connectivity index (χ4v) is 16.2. The minimum Gasteiger partial charge on any atom is -0.724 e. The van der Waals surface area contributed by atoms with Crippen LogP contribution in [0.2, 0.25) is 0 Å². The molecule has 0 aromatic heterocycles. The van der Waals surface area contributed by atoms with Crippen LogP contribution in [0.4, 0.5) is 0 Å². The summed E-state index contributed by atoms with van der Waals surface area (Å²) >= 11 is 0. The summed E-state index contributed by atoms with van der Waals surface area (Å²) < 4.78 is 61.5. The van der Waals surface area contributed by atoms with Gasteiger partial charge in [-0.2, -0.15) is 0 Å². The van der Waals surface area contributed by atoms with Crippen LogP contribution in [0.25, 0.3) is 0 Å². The summed E-state index contributed by atoms with van der Waals surface area (Å²) in [6.45, 7) is 4.57. The Hall–Kier alpha value is -4.08. The van der Waals surface area contributed by atoms with E-state index in [1.54, 1.807) is 0 Å². The first-order chi connectivity index (χ1) is 27.0. The maximum Gasteiger partial charge on any atom is 0.246 e. The first-order valence-electron chi connectivity index (χ1n) is 18.4. The number of rotatable bonds is 15. The first-order valence-corrected chi connectivity index (χ1v) is 25.0. The molecule has 6 aromatic rings. The van der Waals surface area contributed by atoms with E-state index in [1.165, 1.54) is 69.8 Å². The van der Waals surface area contributed by atoms with Crippen molar-refractivity contribution < 1.29 is 34.6 Å². The second-order valence-corrected chi connectivity index (χ2v) is 21.9. The summed E-state index contributed by atoms with van der Waals surface area (Å²) in [6, 6.07) is 66.8. The molecule has 0 spiro atoms. The van der Waals surface area contributed by atoms with Gasteiger partial charge in [0, 0.05) is 0 Å². The topological polar surface area (TPSA) is 133 Å². The molecule has 0 heterocycles. The second kappa shape index (κ2) is 22.0. The molecule has 0 saturated carbocycles. The molecule has 0 aliphatic heterocycles. The van der Waals surface area contributed by atoms with Crippen molar-refractivity contribution in [2.45, 2.75) is 39.5 Å². The quantitative estimate of drug-likeness (QED) is 0.0344. The highest BCUT2D eigenvalue weighted by Gasteiger charge is 2.45. The molecule has 0 fully saturated rings. The molecule has 0 saturated heterocycles. The molecule has 0 bridgehead atoms. The van der Waals surface area contributed by atoms with E-state index >= 15 is 0 Å². The first kappa shape index (κ1) is 44.6. The smallest absolute Gasteiger partial charge is 0.246 e. The van der Waals surface area contributed by atoms with Gasteiger partial charge in [0.2, 0.25) is 20.8 Å². The molecule has 0 radical (unpaired) electrons. The van der Waals surface area contributed by atoms with E-state index in [4.69, 9.17) is 0 Å². The SMILES string of the molecule is CCCC[P+](c1ccccc1)(c1ccccc1)c1ccccc1.CCCC[P+](c1ccccc1)(c1ccccc1)c1ccccc1.O=S(=O)([O-])OOS(=O)(=O)[O-]. The van der Waals surface area contributed by atoms with Crippen LogP contribution in [0, 0.1) is 0 Å². The van der Waals surface area contributed by atoms with Gasteiger partial charge in [0.05, 0.1) is 12.3 Å². The lowest BCUT2D eigenvalue weighted by Crippen LogP contribution is -2.33. The summed E-state index contributed by atoms with van der Waals surface area (Å²) in [6.07, 6.45) is 7.45. The number of benzene rings is 6. The van der Waals surface area contributed by atoms with E-state index in [2.05, 4.69) is 205 Å². The molecular weight excluding hydrogens is 783 g/mol. The van der Waals surface area contributed by atoms with Crippen LogP contribution in [0.3, 0.4) is 0 Å². The molecule has 0 atom stereocenters. The fourth-order valence-electron chi connectivity index (χ4n) is 6.62. The van der Waals surface area contributed by atoms with Crippen LogP contribution in [-0.2, 0) is 29.5 Å². The van der Waals surface area contributed by atoms with E-state index in [9.17, 15) is 25.9 Å². The molecule has 0 aliphatic rings. The standard InChI is InChI=1S/2C22H24P.H2O8S2/c2*1-2-3-19-23(20-13-7-4-8-14-20,21-15-9-5-10-16-21)22-17-11-6-12-18-22;1-9(2,3)7-8-10(4,5)6/h2*4-18H,2-3,19H2,1H3;(H,1,2,3)(H,4,5,6)/q2*+1;/p-2. The summed E-state index contributed by atoms with van der Waals surface area (Å²) in [7, 11) is -13.8. The van der Waals surface area contributed by atoms with E-state index in [1.807, 2.05) is 0 Å². The van der Waals surface area contributed by atoms with Crippen molar-refractivity contribution in [1.82, 2.24) is 0 Å². The largest absolute Gasteiger partial charge is 0.724 e. The molecule has 294 valence electrons. The summed E-state index contributed by atoms with van der Waals surface area (Å²) in [5.41, 5.74) is 0. The zero-order valence-corrected chi connectivity index (χ0v) is 35.0. The lowest BCUT2D eigenvalue weighted by molar-refractivity contribution is -0.107. The number of unbranched alkanes of at least 4 members (excludes halogenated alkanes) is 2. The average Bonchev–Trinajstić information content (AvgIpc) is 3.23. The zero-order chi connectivity index (χ0) is 40.3. The van der Waals surface area contributed by atoms with E-state index in [0.29, 0.717) is 0 Å². The Morgan fingerprint density at radius 2 is 0.554 bits per heavy atom. The summed E-state index contributed by atoms with van der Waals surface area (Å²) in [5, 5.41) is 8.95. The Morgan fingerprint density at radius 3 is 0.696 bits per heavy atom. The molecule has 0 amide bonds. The van der Waals surface area contributed by atoms with Crippen molar-refractivity contribution in [2.24, 2.45) is 0 Å². The third-order valence-corrected chi connectivity index (χ3v) is 18.7. The van der Waals surface area contributed by atoms with Gasteiger partial charge in [-0.1, -0.05) is 136 Å². The Balaban J connectivity index is 0.000000202. The van der Waals surface area contributed by atoms with Crippen LogP contribution in [0.5, 0.6) is 0 Å². The molecular formula is C44H48O8P2S2. The van der Waals surface area contributed by atoms with Crippen molar-refractivity contribution in [1.29, 1.82) is 0 Å². The van der Waals surface area contributed by atoms with Crippen molar-refractivity contribution in [3.05, 3.63) is 182 Å². The molecule has 0 unspecified atom stereocenters. The average molecular weight is 831 g/mol. The summed E-state index contributed by atoms with van der Waals surface area (Å²) in [5.74, 6) is 0. The van der Waals surface area contributed by atoms with Crippen molar-refractivity contribution in [3.8, 4) is 0 Å². The highest BCUT2D eigenvalue weighted by molar-refractivity contribution is 7.96. The molecule has 6 aromatic carbocycles. The highest BCUT2D eigenvalue weighted by atomic mass is 32.3. The highest BCUT2D eigenvalue weighted by Crippen LogP contribution is 2.56. The molecule has 0 aliphatic carbocycles. The fraction of sp³-hybridized carbons (Fsp3) is 0.182.